The minimum atomic E-state index is 0.875. The molecule has 0 spiro atoms. The predicted octanol–water partition coefficient (Wildman–Crippen LogP) is 17.7. The molecule has 0 atom stereocenters. The van der Waals surface area contributed by atoms with Crippen molar-refractivity contribution in [1.82, 2.24) is 0 Å². The molecule has 0 saturated carbocycles. The van der Waals surface area contributed by atoms with Gasteiger partial charge in [-0.15, -0.1) is 0 Å². The van der Waals surface area contributed by atoms with Crippen LogP contribution in [-0.4, -0.2) is 0 Å². The molecule has 0 unspecified atom stereocenters. The first-order valence-electron chi connectivity index (χ1n) is 21.9. The molecule has 1 heterocycles. The van der Waals surface area contributed by atoms with Gasteiger partial charge in [0.15, 0.2) is 0 Å². The molecule has 12 rings (SSSR count). The van der Waals surface area contributed by atoms with E-state index in [1.54, 1.807) is 0 Å². The van der Waals surface area contributed by atoms with E-state index in [-0.39, 0.29) is 0 Å². The standard InChI is InChI=1S/C62H41NO/c1-2-13-42(14-3-1)43-25-27-44(28-26-43)56-20-9-10-23-60(56)63(53-34-31-45(32-35-53)59-40-50-15-4-6-19-55(50)57-21-7-8-22-58(57)59)54-36-33-48-37-47(29-30-49(48)39-54)46-17-12-18-51(38-46)62-41-52-16-5-11-24-61(52)64-62/h1-41H. The third-order valence-electron chi connectivity index (χ3n) is 12.6. The number of fused-ring (bicyclic) bond motifs is 5. The number of para-hydroxylation sites is 2. The summed E-state index contributed by atoms with van der Waals surface area (Å²) in [6.45, 7) is 0. The predicted molar refractivity (Wildman–Crippen MR) is 271 cm³/mol. The zero-order chi connectivity index (χ0) is 42.4. The van der Waals surface area contributed by atoms with Crippen LogP contribution in [0, 0.1) is 0 Å². The average molecular weight is 816 g/mol. The van der Waals surface area contributed by atoms with Gasteiger partial charge in [-0.1, -0.05) is 188 Å². The minimum Gasteiger partial charge on any atom is -0.456 e. The lowest BCUT2D eigenvalue weighted by Crippen LogP contribution is -2.11. The Morgan fingerprint density at radius 3 is 1.67 bits per heavy atom. The van der Waals surface area contributed by atoms with Crippen molar-refractivity contribution >= 4 is 60.3 Å². The summed E-state index contributed by atoms with van der Waals surface area (Å²) in [7, 11) is 0. The average Bonchev–Trinajstić information content (AvgIpc) is 3.82. The van der Waals surface area contributed by atoms with Crippen LogP contribution in [0.5, 0.6) is 0 Å². The fourth-order valence-corrected chi connectivity index (χ4v) is 9.42. The van der Waals surface area contributed by atoms with Gasteiger partial charge < -0.3 is 9.32 Å². The number of benzene rings is 11. The van der Waals surface area contributed by atoms with Crippen molar-refractivity contribution in [2.24, 2.45) is 0 Å². The summed E-state index contributed by atoms with van der Waals surface area (Å²) in [6, 6.07) is 89.8. The Hall–Kier alpha value is -8.46. The molecule has 0 amide bonds. The van der Waals surface area contributed by atoms with Crippen LogP contribution in [-0.2, 0) is 0 Å². The van der Waals surface area contributed by atoms with Crippen LogP contribution < -0.4 is 4.90 Å². The molecule has 1 aromatic heterocycles. The maximum Gasteiger partial charge on any atom is 0.135 e. The lowest BCUT2D eigenvalue weighted by atomic mass is 9.93. The summed E-state index contributed by atoms with van der Waals surface area (Å²) in [5.74, 6) is 0.875. The molecular weight excluding hydrogens is 775 g/mol. The van der Waals surface area contributed by atoms with Crippen molar-refractivity contribution in [3.63, 3.8) is 0 Å². The van der Waals surface area contributed by atoms with E-state index >= 15 is 0 Å². The minimum absolute atomic E-state index is 0.875. The Morgan fingerprint density at radius 2 is 0.828 bits per heavy atom. The Bertz CT molecular complexity index is 3620. The summed E-state index contributed by atoms with van der Waals surface area (Å²) in [4.78, 5) is 2.41. The zero-order valence-corrected chi connectivity index (χ0v) is 35.0. The lowest BCUT2D eigenvalue weighted by Gasteiger charge is -2.28. The van der Waals surface area contributed by atoms with Gasteiger partial charge in [0.25, 0.3) is 0 Å². The maximum atomic E-state index is 6.24. The monoisotopic (exact) mass is 815 g/mol. The number of hydrogen-bond acceptors (Lipinski definition) is 2. The molecule has 0 aliphatic carbocycles. The van der Waals surface area contributed by atoms with Gasteiger partial charge in [0.05, 0.1) is 5.69 Å². The summed E-state index contributed by atoms with van der Waals surface area (Å²) < 4.78 is 6.24. The molecule has 0 saturated heterocycles. The number of nitrogens with zero attached hydrogens (tertiary/aromatic N) is 1. The smallest absolute Gasteiger partial charge is 0.135 e. The second kappa shape index (κ2) is 15.8. The fraction of sp³-hybridized carbons (Fsp3) is 0. The lowest BCUT2D eigenvalue weighted by molar-refractivity contribution is 0.631. The van der Waals surface area contributed by atoms with Gasteiger partial charge in [0.1, 0.15) is 11.3 Å². The number of hydrogen-bond donors (Lipinski definition) is 0. The SMILES string of the molecule is c1ccc(-c2ccc(-c3ccccc3N(c3ccc(-c4cc5ccccc5c5ccccc45)cc3)c3ccc4cc(-c5cccc(-c6cc7ccccc7o6)c5)ccc4c3)cc2)cc1. The second-order valence-electron chi connectivity index (χ2n) is 16.5. The highest BCUT2D eigenvalue weighted by molar-refractivity contribution is 6.14. The molecular formula is C62H41NO. The summed E-state index contributed by atoms with van der Waals surface area (Å²) in [5, 5.41) is 8.50. The third kappa shape index (κ3) is 6.79. The normalized spacial score (nSPS) is 11.4. The van der Waals surface area contributed by atoms with Crippen molar-refractivity contribution in [3.05, 3.63) is 249 Å². The molecule has 12 aromatic rings. The van der Waals surface area contributed by atoms with E-state index < -0.39 is 0 Å². The highest BCUT2D eigenvalue weighted by atomic mass is 16.3. The van der Waals surface area contributed by atoms with E-state index in [0.717, 1.165) is 61.6 Å². The summed E-state index contributed by atoms with van der Waals surface area (Å²) in [6.07, 6.45) is 0. The first-order chi connectivity index (χ1) is 31.7. The molecule has 0 N–H and O–H groups in total. The molecule has 11 aromatic carbocycles. The molecule has 0 aliphatic heterocycles. The number of rotatable bonds is 8. The van der Waals surface area contributed by atoms with E-state index in [0.29, 0.717) is 0 Å². The Labute approximate surface area is 372 Å². The molecule has 2 nitrogen and oxygen atoms in total. The van der Waals surface area contributed by atoms with Crippen LogP contribution >= 0.6 is 0 Å². The van der Waals surface area contributed by atoms with Crippen molar-refractivity contribution in [1.29, 1.82) is 0 Å². The van der Waals surface area contributed by atoms with Crippen molar-refractivity contribution in [2.75, 3.05) is 4.90 Å². The van der Waals surface area contributed by atoms with Crippen LogP contribution in [0.1, 0.15) is 0 Å². The molecule has 0 bridgehead atoms. The quantitative estimate of drug-likeness (QED) is 0.142. The molecule has 300 valence electrons. The molecule has 2 heteroatoms. The Kier molecular flexibility index (Phi) is 9.20. The highest BCUT2D eigenvalue weighted by Crippen LogP contribution is 2.44. The largest absolute Gasteiger partial charge is 0.456 e. The van der Waals surface area contributed by atoms with Crippen LogP contribution in [0.3, 0.4) is 0 Å². The highest BCUT2D eigenvalue weighted by Gasteiger charge is 2.19. The number of anilines is 3. The number of furan rings is 1. The molecule has 0 radical (unpaired) electrons. The molecule has 64 heavy (non-hydrogen) atoms. The van der Waals surface area contributed by atoms with Crippen molar-refractivity contribution in [2.45, 2.75) is 0 Å². The summed E-state index contributed by atoms with van der Waals surface area (Å²) in [5.41, 5.74) is 14.7. The Morgan fingerprint density at radius 1 is 0.266 bits per heavy atom. The van der Waals surface area contributed by atoms with E-state index in [9.17, 15) is 0 Å². The van der Waals surface area contributed by atoms with Gasteiger partial charge in [-0.2, -0.15) is 0 Å². The van der Waals surface area contributed by atoms with Gasteiger partial charge in [0, 0.05) is 27.9 Å². The topological polar surface area (TPSA) is 16.4 Å². The van der Waals surface area contributed by atoms with Gasteiger partial charge in [-0.05, 0) is 132 Å². The molecule has 0 fully saturated rings. The van der Waals surface area contributed by atoms with E-state index in [2.05, 4.69) is 235 Å². The zero-order valence-electron chi connectivity index (χ0n) is 35.0. The van der Waals surface area contributed by atoms with Crippen molar-refractivity contribution in [3.8, 4) is 55.8 Å². The molecule has 0 aliphatic rings. The van der Waals surface area contributed by atoms with Crippen LogP contribution in [0.4, 0.5) is 17.1 Å². The van der Waals surface area contributed by atoms with Gasteiger partial charge >= 0.3 is 0 Å². The maximum absolute atomic E-state index is 6.24. The summed E-state index contributed by atoms with van der Waals surface area (Å²) >= 11 is 0. The van der Waals surface area contributed by atoms with Gasteiger partial charge in [-0.3, -0.25) is 0 Å². The first kappa shape index (κ1) is 37.3. The van der Waals surface area contributed by atoms with Gasteiger partial charge in [0.2, 0.25) is 0 Å². The van der Waals surface area contributed by atoms with E-state index in [1.165, 1.54) is 54.6 Å². The third-order valence-corrected chi connectivity index (χ3v) is 12.6. The van der Waals surface area contributed by atoms with Gasteiger partial charge in [-0.25, -0.2) is 0 Å². The van der Waals surface area contributed by atoms with Crippen molar-refractivity contribution < 1.29 is 4.42 Å². The second-order valence-corrected chi connectivity index (χ2v) is 16.5. The van der Waals surface area contributed by atoms with E-state index in [1.807, 2.05) is 18.2 Å². The fourth-order valence-electron chi connectivity index (χ4n) is 9.42. The van der Waals surface area contributed by atoms with E-state index in [4.69, 9.17) is 4.42 Å². The van der Waals surface area contributed by atoms with Crippen LogP contribution in [0.15, 0.2) is 253 Å². The Balaban J connectivity index is 0.954. The van der Waals surface area contributed by atoms with Crippen LogP contribution in [0.25, 0.3) is 99.1 Å². The first-order valence-corrected chi connectivity index (χ1v) is 21.9. The van der Waals surface area contributed by atoms with Crippen LogP contribution in [0.2, 0.25) is 0 Å².